The van der Waals surface area contributed by atoms with Crippen LogP contribution in [0.25, 0.3) is 33.3 Å². The molecule has 8 nitrogen and oxygen atoms in total. The average molecular weight is 419 g/mol. The molecule has 3 heterocycles. The molecule has 2 aromatic carbocycles. The van der Waals surface area contributed by atoms with E-state index < -0.39 is 0 Å². The van der Waals surface area contributed by atoms with Crippen molar-refractivity contribution in [3.8, 4) is 11.4 Å². The molecule has 0 bridgehead atoms. The van der Waals surface area contributed by atoms with Gasteiger partial charge in [0.15, 0.2) is 0 Å². The van der Waals surface area contributed by atoms with Crippen LogP contribution in [0.1, 0.15) is 0 Å². The summed E-state index contributed by atoms with van der Waals surface area (Å²) in [6.45, 7) is 4.31. The van der Waals surface area contributed by atoms with Crippen molar-refractivity contribution in [2.45, 2.75) is 0 Å². The maximum absolute atomic E-state index is 13.1. The molecule has 1 aliphatic heterocycles. The van der Waals surface area contributed by atoms with E-state index in [9.17, 15) is 4.79 Å². The van der Waals surface area contributed by atoms with E-state index in [1.54, 1.807) is 7.11 Å². The van der Waals surface area contributed by atoms with Crippen LogP contribution < -0.4 is 15.8 Å². The molecule has 8 heteroatoms. The van der Waals surface area contributed by atoms with Gasteiger partial charge in [0, 0.05) is 37.8 Å². The van der Waals surface area contributed by atoms with E-state index in [-0.39, 0.29) is 5.56 Å². The number of ether oxygens (including phenoxy) is 2. The summed E-state index contributed by atoms with van der Waals surface area (Å²) < 4.78 is 10.6. The molecule has 0 aliphatic carbocycles. The van der Waals surface area contributed by atoms with Crippen molar-refractivity contribution in [1.82, 2.24) is 15.0 Å². The first-order valence-electron chi connectivity index (χ1n) is 10.5. The fourth-order valence-electron chi connectivity index (χ4n) is 4.07. The Kier molecular flexibility index (Phi) is 5.31. The van der Waals surface area contributed by atoms with Crippen LogP contribution in [0.15, 0.2) is 47.3 Å². The predicted molar refractivity (Wildman–Crippen MR) is 123 cm³/mol. The van der Waals surface area contributed by atoms with Gasteiger partial charge in [0.25, 0.3) is 5.56 Å². The Balaban J connectivity index is 1.61. The first-order chi connectivity index (χ1) is 15.2. The summed E-state index contributed by atoms with van der Waals surface area (Å²) in [5, 5.41) is 4.31. The molecule has 1 aliphatic rings. The van der Waals surface area contributed by atoms with Crippen molar-refractivity contribution in [1.29, 1.82) is 0 Å². The third-order valence-corrected chi connectivity index (χ3v) is 5.61. The number of nitrogens with zero attached hydrogens (tertiary/aromatic N) is 2. The standard InChI is InChI=1S/C23H25N5O3/c1-30-11-8-24-21-16-4-2-3-5-17(16)27-23(29)20(21)22-25-18-7-6-15(14-19(18)26-22)28-9-12-31-13-10-28/h2-7,14H,8-13H2,1H3,(H,25,26)(H2,24,27,29). The van der Waals surface area contributed by atoms with Gasteiger partial charge in [0.05, 0.1) is 42.1 Å². The number of hydrogen-bond acceptors (Lipinski definition) is 6. The lowest BCUT2D eigenvalue weighted by atomic mass is 10.1. The number of hydrogen-bond donors (Lipinski definition) is 3. The summed E-state index contributed by atoms with van der Waals surface area (Å²) in [5.74, 6) is 0.543. The van der Waals surface area contributed by atoms with Crippen LogP contribution in [-0.2, 0) is 9.47 Å². The normalized spacial score (nSPS) is 14.4. The number of pyridine rings is 1. The molecule has 31 heavy (non-hydrogen) atoms. The number of methoxy groups -OCH3 is 1. The van der Waals surface area contributed by atoms with E-state index in [4.69, 9.17) is 14.5 Å². The topological polar surface area (TPSA) is 95.3 Å². The quantitative estimate of drug-likeness (QED) is 0.416. The highest BCUT2D eigenvalue weighted by atomic mass is 16.5. The molecule has 3 N–H and O–H groups in total. The fraction of sp³-hybridized carbons (Fsp3) is 0.304. The minimum absolute atomic E-state index is 0.189. The third kappa shape index (κ3) is 3.75. The lowest BCUT2D eigenvalue weighted by molar-refractivity contribution is 0.122. The van der Waals surface area contributed by atoms with E-state index in [0.717, 1.165) is 59.6 Å². The van der Waals surface area contributed by atoms with Crippen LogP contribution in [0.5, 0.6) is 0 Å². The first kappa shape index (κ1) is 19.6. The van der Waals surface area contributed by atoms with Crippen molar-refractivity contribution in [3.63, 3.8) is 0 Å². The Labute approximate surface area is 179 Å². The van der Waals surface area contributed by atoms with Crippen molar-refractivity contribution in [2.24, 2.45) is 0 Å². The van der Waals surface area contributed by atoms with Gasteiger partial charge in [-0.1, -0.05) is 18.2 Å². The third-order valence-electron chi connectivity index (χ3n) is 5.61. The Hall–Kier alpha value is -3.36. The zero-order valence-electron chi connectivity index (χ0n) is 17.4. The second-order valence-electron chi connectivity index (χ2n) is 7.56. The largest absolute Gasteiger partial charge is 0.383 e. The fourth-order valence-corrected chi connectivity index (χ4v) is 4.07. The van der Waals surface area contributed by atoms with Gasteiger partial charge >= 0.3 is 0 Å². The first-order valence-corrected chi connectivity index (χ1v) is 10.5. The summed E-state index contributed by atoms with van der Waals surface area (Å²) in [6, 6.07) is 13.9. The van der Waals surface area contributed by atoms with E-state index in [1.807, 2.05) is 30.3 Å². The van der Waals surface area contributed by atoms with Crippen LogP contribution >= 0.6 is 0 Å². The smallest absolute Gasteiger partial charge is 0.261 e. The van der Waals surface area contributed by atoms with Crippen molar-refractivity contribution in [3.05, 3.63) is 52.8 Å². The second-order valence-corrected chi connectivity index (χ2v) is 7.56. The Morgan fingerprint density at radius 2 is 1.97 bits per heavy atom. The van der Waals surface area contributed by atoms with Gasteiger partial charge in [-0.25, -0.2) is 4.98 Å². The van der Waals surface area contributed by atoms with Gasteiger partial charge in [-0.15, -0.1) is 0 Å². The van der Waals surface area contributed by atoms with Crippen molar-refractivity contribution in [2.75, 3.05) is 56.8 Å². The Morgan fingerprint density at radius 3 is 2.81 bits per heavy atom. The summed E-state index contributed by atoms with van der Waals surface area (Å²) in [7, 11) is 1.66. The maximum atomic E-state index is 13.1. The number of aromatic nitrogens is 3. The SMILES string of the molecule is COCCNc1c(-c2nc3ccc(N4CCOCC4)cc3[nH]2)c(=O)[nH]c2ccccc12. The molecule has 1 fully saturated rings. The van der Waals surface area contributed by atoms with Gasteiger partial charge in [-0.3, -0.25) is 4.79 Å². The van der Waals surface area contributed by atoms with Gasteiger partial charge in [-0.05, 0) is 24.3 Å². The van der Waals surface area contributed by atoms with Gasteiger partial charge in [-0.2, -0.15) is 0 Å². The number of fused-ring (bicyclic) bond motifs is 2. The van der Waals surface area contributed by atoms with E-state index >= 15 is 0 Å². The number of anilines is 2. The molecule has 160 valence electrons. The number of H-pyrrole nitrogens is 2. The number of imidazole rings is 1. The minimum atomic E-state index is -0.189. The number of morpholine rings is 1. The monoisotopic (exact) mass is 419 g/mol. The summed E-state index contributed by atoms with van der Waals surface area (Å²) in [5.41, 5.74) is 4.68. The van der Waals surface area contributed by atoms with Crippen molar-refractivity contribution >= 4 is 33.3 Å². The van der Waals surface area contributed by atoms with Crippen LogP contribution in [-0.4, -0.2) is 61.5 Å². The summed E-state index contributed by atoms with van der Waals surface area (Å²) in [6.07, 6.45) is 0. The van der Waals surface area contributed by atoms with E-state index in [2.05, 4.69) is 32.3 Å². The van der Waals surface area contributed by atoms with Crippen LogP contribution in [0.2, 0.25) is 0 Å². The average Bonchev–Trinajstić information content (AvgIpc) is 3.22. The molecule has 0 saturated carbocycles. The van der Waals surface area contributed by atoms with Gasteiger partial charge in [0.1, 0.15) is 11.4 Å². The van der Waals surface area contributed by atoms with E-state index in [1.165, 1.54) is 0 Å². The van der Waals surface area contributed by atoms with Gasteiger partial charge < -0.3 is 29.7 Å². The van der Waals surface area contributed by atoms with Crippen LogP contribution in [0.3, 0.4) is 0 Å². The maximum Gasteiger partial charge on any atom is 0.261 e. The minimum Gasteiger partial charge on any atom is -0.383 e. The lowest BCUT2D eigenvalue weighted by Gasteiger charge is -2.28. The molecule has 0 spiro atoms. The molecule has 0 atom stereocenters. The molecule has 0 unspecified atom stereocenters. The second kappa shape index (κ2) is 8.41. The molecular weight excluding hydrogens is 394 g/mol. The highest BCUT2D eigenvalue weighted by molar-refractivity contribution is 5.99. The molecule has 5 rings (SSSR count). The van der Waals surface area contributed by atoms with E-state index in [0.29, 0.717) is 24.5 Å². The number of aromatic amines is 2. The summed E-state index contributed by atoms with van der Waals surface area (Å²) in [4.78, 5) is 26.5. The van der Waals surface area contributed by atoms with Gasteiger partial charge in [0.2, 0.25) is 0 Å². The molecule has 2 aromatic heterocycles. The zero-order valence-corrected chi connectivity index (χ0v) is 17.4. The highest BCUT2D eigenvalue weighted by Gasteiger charge is 2.19. The van der Waals surface area contributed by atoms with Crippen molar-refractivity contribution < 1.29 is 9.47 Å². The molecule has 1 saturated heterocycles. The predicted octanol–water partition coefficient (Wildman–Crippen LogP) is 2.97. The number of nitrogens with one attached hydrogen (secondary N) is 3. The molecular formula is C23H25N5O3. The number of rotatable bonds is 6. The van der Waals surface area contributed by atoms with Crippen LogP contribution in [0, 0.1) is 0 Å². The number of benzene rings is 2. The zero-order chi connectivity index (χ0) is 21.2. The highest BCUT2D eigenvalue weighted by Crippen LogP contribution is 2.31. The van der Waals surface area contributed by atoms with Crippen LogP contribution in [0.4, 0.5) is 11.4 Å². The Morgan fingerprint density at radius 1 is 1.13 bits per heavy atom. The summed E-state index contributed by atoms with van der Waals surface area (Å²) >= 11 is 0. The molecule has 0 amide bonds. The number of para-hydroxylation sites is 1. The Bertz CT molecular complexity index is 1270. The molecule has 4 aromatic rings. The molecule has 0 radical (unpaired) electrons. The lowest BCUT2D eigenvalue weighted by Crippen LogP contribution is -2.36.